The molecule has 3 rings (SSSR count). The van der Waals surface area contributed by atoms with Crippen LogP contribution in [0.25, 0.3) is 0 Å². The van der Waals surface area contributed by atoms with Crippen LogP contribution in [0.4, 0.5) is 5.82 Å². The Hall–Kier alpha value is -2.02. The molecule has 0 radical (unpaired) electrons. The number of halogens is 2. The van der Waals surface area contributed by atoms with Crippen LogP contribution in [0.3, 0.4) is 0 Å². The van der Waals surface area contributed by atoms with Crippen LogP contribution in [-0.2, 0) is 16.1 Å². The van der Waals surface area contributed by atoms with Crippen LogP contribution >= 0.6 is 23.2 Å². The molecule has 2 heterocycles. The highest BCUT2D eigenvalue weighted by molar-refractivity contribution is 6.35. The smallest absolute Gasteiger partial charge is 0.258 e. The average molecular weight is 396 g/mol. The molecule has 1 aromatic carbocycles. The van der Waals surface area contributed by atoms with Crippen LogP contribution in [0.15, 0.2) is 36.5 Å². The summed E-state index contributed by atoms with van der Waals surface area (Å²) in [7, 11) is 0. The third-order valence-corrected chi connectivity index (χ3v) is 4.42. The minimum absolute atomic E-state index is 0.124. The number of rotatable bonds is 6. The number of anilines is 1. The van der Waals surface area contributed by atoms with Crippen LogP contribution in [0.1, 0.15) is 5.56 Å². The standard InChI is InChI=1S/C18H19Cl2N3O3/c19-14-2-3-16(15(20)9-14)26-12-18(24)22-11-13-1-4-17(21-10-13)23-5-7-25-8-6-23/h1-4,9-10H,5-8,11-12H2,(H,22,24). The van der Waals surface area contributed by atoms with Gasteiger partial charge in [0.1, 0.15) is 11.6 Å². The Morgan fingerprint density at radius 2 is 2.04 bits per heavy atom. The Labute approximate surface area is 162 Å². The predicted octanol–water partition coefficient (Wildman–Crippen LogP) is 2.92. The van der Waals surface area contributed by atoms with E-state index in [1.165, 1.54) is 0 Å². The van der Waals surface area contributed by atoms with Crippen LogP contribution in [0.5, 0.6) is 5.75 Å². The van der Waals surface area contributed by atoms with E-state index >= 15 is 0 Å². The summed E-state index contributed by atoms with van der Waals surface area (Å²) in [6.45, 7) is 3.38. The summed E-state index contributed by atoms with van der Waals surface area (Å²) in [5, 5.41) is 3.67. The molecule has 1 aromatic heterocycles. The van der Waals surface area contributed by atoms with Crippen molar-refractivity contribution >= 4 is 34.9 Å². The maximum absolute atomic E-state index is 11.9. The number of nitrogens with zero attached hydrogens (tertiary/aromatic N) is 2. The fourth-order valence-electron chi connectivity index (χ4n) is 2.49. The van der Waals surface area contributed by atoms with Gasteiger partial charge < -0.3 is 19.7 Å². The van der Waals surface area contributed by atoms with Crippen molar-refractivity contribution in [2.45, 2.75) is 6.54 Å². The largest absolute Gasteiger partial charge is 0.482 e. The summed E-state index contributed by atoms with van der Waals surface area (Å²) in [4.78, 5) is 18.6. The van der Waals surface area contributed by atoms with E-state index in [4.69, 9.17) is 32.7 Å². The molecule has 26 heavy (non-hydrogen) atoms. The molecule has 0 bridgehead atoms. The van der Waals surface area contributed by atoms with Crippen molar-refractivity contribution < 1.29 is 14.3 Å². The Morgan fingerprint density at radius 3 is 2.73 bits per heavy atom. The van der Waals surface area contributed by atoms with Crippen molar-refractivity contribution in [2.75, 3.05) is 37.8 Å². The predicted molar refractivity (Wildman–Crippen MR) is 101 cm³/mol. The fraction of sp³-hybridized carbons (Fsp3) is 0.333. The first-order valence-corrected chi connectivity index (χ1v) is 8.99. The molecule has 1 aliphatic heterocycles. The molecular weight excluding hydrogens is 377 g/mol. The average Bonchev–Trinajstić information content (AvgIpc) is 2.67. The van der Waals surface area contributed by atoms with Crippen molar-refractivity contribution in [1.82, 2.24) is 10.3 Å². The first-order chi connectivity index (χ1) is 12.6. The Bertz CT molecular complexity index is 750. The molecular formula is C18H19Cl2N3O3. The number of hydrogen-bond donors (Lipinski definition) is 1. The summed E-state index contributed by atoms with van der Waals surface area (Å²) in [5.41, 5.74) is 0.917. The maximum Gasteiger partial charge on any atom is 0.258 e. The number of morpholine rings is 1. The lowest BCUT2D eigenvalue weighted by atomic mass is 10.2. The van der Waals surface area contributed by atoms with E-state index in [-0.39, 0.29) is 12.5 Å². The van der Waals surface area contributed by atoms with E-state index in [2.05, 4.69) is 15.2 Å². The van der Waals surface area contributed by atoms with Gasteiger partial charge in [0.05, 0.1) is 18.2 Å². The number of benzene rings is 1. The van der Waals surface area contributed by atoms with Gasteiger partial charge in [-0.15, -0.1) is 0 Å². The normalized spacial score (nSPS) is 14.2. The van der Waals surface area contributed by atoms with E-state index in [1.54, 1.807) is 24.4 Å². The highest BCUT2D eigenvalue weighted by Crippen LogP contribution is 2.27. The lowest BCUT2D eigenvalue weighted by Gasteiger charge is -2.27. The minimum atomic E-state index is -0.242. The molecule has 8 heteroatoms. The molecule has 1 aliphatic rings. The Balaban J connectivity index is 1.45. The second-order valence-corrected chi connectivity index (χ2v) is 6.61. The van der Waals surface area contributed by atoms with Gasteiger partial charge in [-0.05, 0) is 29.8 Å². The summed E-state index contributed by atoms with van der Waals surface area (Å²) >= 11 is 11.8. The first kappa shape index (κ1) is 18.8. The summed E-state index contributed by atoms with van der Waals surface area (Å²) < 4.78 is 10.7. The van der Waals surface area contributed by atoms with Gasteiger partial charge in [-0.1, -0.05) is 29.3 Å². The fourth-order valence-corrected chi connectivity index (χ4v) is 2.95. The van der Waals surface area contributed by atoms with Gasteiger partial charge in [-0.2, -0.15) is 0 Å². The second kappa shape index (κ2) is 9.07. The van der Waals surface area contributed by atoms with Crippen molar-refractivity contribution in [2.24, 2.45) is 0 Å². The number of amides is 1. The molecule has 0 aliphatic carbocycles. The van der Waals surface area contributed by atoms with Gasteiger partial charge in [-0.25, -0.2) is 4.98 Å². The molecule has 0 atom stereocenters. The van der Waals surface area contributed by atoms with Gasteiger partial charge >= 0.3 is 0 Å². The summed E-state index contributed by atoms with van der Waals surface area (Å²) in [6.07, 6.45) is 1.77. The van der Waals surface area contributed by atoms with E-state index in [1.807, 2.05) is 12.1 Å². The van der Waals surface area contributed by atoms with Gasteiger partial charge in [0.15, 0.2) is 6.61 Å². The van der Waals surface area contributed by atoms with Crippen molar-refractivity contribution in [3.05, 3.63) is 52.1 Å². The quantitative estimate of drug-likeness (QED) is 0.814. The van der Waals surface area contributed by atoms with E-state index in [0.29, 0.717) is 22.3 Å². The second-order valence-electron chi connectivity index (χ2n) is 5.76. The van der Waals surface area contributed by atoms with Gasteiger partial charge in [0.25, 0.3) is 5.91 Å². The molecule has 0 unspecified atom stereocenters. The molecule has 0 saturated carbocycles. The molecule has 0 spiro atoms. The highest BCUT2D eigenvalue weighted by atomic mass is 35.5. The number of nitrogens with one attached hydrogen (secondary N) is 1. The van der Waals surface area contributed by atoms with Crippen molar-refractivity contribution in [3.63, 3.8) is 0 Å². The zero-order chi connectivity index (χ0) is 18.4. The van der Waals surface area contributed by atoms with E-state index in [0.717, 1.165) is 37.7 Å². The van der Waals surface area contributed by atoms with Gasteiger partial charge in [0.2, 0.25) is 0 Å². The highest BCUT2D eigenvalue weighted by Gasteiger charge is 2.12. The number of pyridine rings is 1. The monoisotopic (exact) mass is 395 g/mol. The molecule has 1 amide bonds. The number of aromatic nitrogens is 1. The zero-order valence-electron chi connectivity index (χ0n) is 14.1. The van der Waals surface area contributed by atoms with Crippen LogP contribution in [-0.4, -0.2) is 43.8 Å². The Kier molecular flexibility index (Phi) is 6.55. The van der Waals surface area contributed by atoms with E-state index in [9.17, 15) is 4.79 Å². The number of carbonyl (C=O) groups is 1. The third kappa shape index (κ3) is 5.24. The van der Waals surface area contributed by atoms with Gasteiger partial charge in [-0.3, -0.25) is 4.79 Å². The third-order valence-electron chi connectivity index (χ3n) is 3.89. The maximum atomic E-state index is 11.9. The lowest BCUT2D eigenvalue weighted by molar-refractivity contribution is -0.123. The Morgan fingerprint density at radius 1 is 1.23 bits per heavy atom. The van der Waals surface area contributed by atoms with Gasteiger partial charge in [0, 0.05) is 30.9 Å². The van der Waals surface area contributed by atoms with Crippen molar-refractivity contribution in [3.8, 4) is 5.75 Å². The molecule has 2 aromatic rings. The molecule has 138 valence electrons. The minimum Gasteiger partial charge on any atom is -0.482 e. The topological polar surface area (TPSA) is 63.7 Å². The van der Waals surface area contributed by atoms with Crippen molar-refractivity contribution in [1.29, 1.82) is 0 Å². The molecule has 1 fully saturated rings. The van der Waals surface area contributed by atoms with Crippen LogP contribution in [0, 0.1) is 0 Å². The summed E-state index contributed by atoms with van der Waals surface area (Å²) in [6, 6.07) is 8.76. The first-order valence-electron chi connectivity index (χ1n) is 8.24. The van der Waals surface area contributed by atoms with E-state index < -0.39 is 0 Å². The molecule has 6 nitrogen and oxygen atoms in total. The molecule has 1 saturated heterocycles. The SMILES string of the molecule is O=C(COc1ccc(Cl)cc1Cl)NCc1ccc(N2CCOCC2)nc1. The zero-order valence-corrected chi connectivity index (χ0v) is 15.6. The lowest BCUT2D eigenvalue weighted by Crippen LogP contribution is -2.36. The number of carbonyl (C=O) groups excluding carboxylic acids is 1. The van der Waals surface area contributed by atoms with Crippen LogP contribution < -0.4 is 15.0 Å². The number of ether oxygens (including phenoxy) is 2. The van der Waals surface area contributed by atoms with Crippen LogP contribution in [0.2, 0.25) is 10.0 Å². The summed E-state index contributed by atoms with van der Waals surface area (Å²) in [5.74, 6) is 1.10. The number of hydrogen-bond acceptors (Lipinski definition) is 5. The molecule has 1 N–H and O–H groups in total.